The molecule has 6 nitrogen and oxygen atoms in total. The second kappa shape index (κ2) is 10.8. The molecule has 0 radical (unpaired) electrons. The normalized spacial score (nSPS) is 10.8. The van der Waals surface area contributed by atoms with E-state index in [4.69, 9.17) is 27.9 Å². The van der Waals surface area contributed by atoms with Crippen molar-refractivity contribution in [2.24, 2.45) is 0 Å². The smallest absolute Gasteiger partial charge is 0.387 e. The molecular formula is C26H16Cl2F2N2O4. The molecule has 0 aliphatic carbocycles. The molecule has 0 fully saturated rings. The van der Waals surface area contributed by atoms with Gasteiger partial charge in [-0.25, -0.2) is 4.98 Å². The van der Waals surface area contributed by atoms with Crippen LogP contribution in [0.3, 0.4) is 0 Å². The molecule has 0 aliphatic heterocycles. The molecule has 2 heterocycles. The number of aldehydes is 2. The number of ether oxygens (including phenoxy) is 2. The minimum Gasteiger partial charge on any atom is -0.480 e. The van der Waals surface area contributed by atoms with Crippen LogP contribution in [0.2, 0.25) is 10.0 Å². The van der Waals surface area contributed by atoms with Crippen LogP contribution in [0, 0.1) is 0 Å². The van der Waals surface area contributed by atoms with Crippen molar-refractivity contribution in [3.05, 3.63) is 82.0 Å². The third kappa shape index (κ3) is 4.91. The minimum atomic E-state index is -3.11. The van der Waals surface area contributed by atoms with E-state index in [1.165, 1.54) is 31.5 Å². The molecule has 0 saturated heterocycles. The maximum atomic E-state index is 12.8. The average molecular weight is 529 g/mol. The van der Waals surface area contributed by atoms with E-state index in [0.717, 1.165) is 0 Å². The highest BCUT2D eigenvalue weighted by molar-refractivity contribution is 6.39. The fourth-order valence-electron chi connectivity index (χ4n) is 3.62. The third-order valence-electron chi connectivity index (χ3n) is 5.29. The number of benzene rings is 2. The van der Waals surface area contributed by atoms with Crippen LogP contribution in [0.5, 0.6) is 11.6 Å². The van der Waals surface area contributed by atoms with E-state index in [1.807, 2.05) is 0 Å². The van der Waals surface area contributed by atoms with E-state index in [-0.39, 0.29) is 27.9 Å². The van der Waals surface area contributed by atoms with E-state index in [0.29, 0.717) is 51.1 Å². The van der Waals surface area contributed by atoms with Crippen LogP contribution in [0.1, 0.15) is 20.7 Å². The Balaban J connectivity index is 1.81. The molecule has 36 heavy (non-hydrogen) atoms. The fourth-order valence-corrected chi connectivity index (χ4v) is 4.27. The number of nitrogens with zero attached hydrogens (tertiary/aromatic N) is 2. The molecule has 0 amide bonds. The Labute approximate surface area is 214 Å². The maximum Gasteiger partial charge on any atom is 0.387 e. The molecule has 0 spiro atoms. The van der Waals surface area contributed by atoms with E-state index in [1.54, 1.807) is 36.4 Å². The number of alkyl halides is 2. The standard InChI is InChI=1S/C26H16Cl2F2N2O4/c1-35-25-16(13-34)7-8-20(32-25)19-4-2-3-17(22(19)27)18-9-10-31-24(23(18)28)14-5-6-15(12-33)21(11-14)36-26(29)30/h2-13,26H,1H3. The molecule has 0 unspecified atom stereocenters. The Bertz CT molecular complexity index is 1460. The van der Waals surface area contributed by atoms with Crippen LogP contribution >= 0.6 is 23.2 Å². The van der Waals surface area contributed by atoms with Crippen molar-refractivity contribution < 1.29 is 27.8 Å². The monoisotopic (exact) mass is 528 g/mol. The summed E-state index contributed by atoms with van der Waals surface area (Å²) in [7, 11) is 1.41. The van der Waals surface area contributed by atoms with Crippen molar-refractivity contribution >= 4 is 35.8 Å². The molecule has 0 aliphatic rings. The predicted octanol–water partition coefficient (Wildman–Crippen LogP) is 7.02. The second-order valence-electron chi connectivity index (χ2n) is 7.35. The van der Waals surface area contributed by atoms with Gasteiger partial charge in [-0.3, -0.25) is 14.6 Å². The molecule has 4 aromatic rings. The minimum absolute atomic E-state index is 0.0365. The zero-order valence-electron chi connectivity index (χ0n) is 18.5. The summed E-state index contributed by atoms with van der Waals surface area (Å²) in [6.45, 7) is -3.11. The highest BCUT2D eigenvalue weighted by Crippen LogP contribution is 2.42. The first-order valence-corrected chi connectivity index (χ1v) is 11.1. The van der Waals surface area contributed by atoms with Gasteiger partial charge in [0.1, 0.15) is 5.75 Å². The molecule has 182 valence electrons. The predicted molar refractivity (Wildman–Crippen MR) is 132 cm³/mol. The second-order valence-corrected chi connectivity index (χ2v) is 8.11. The Morgan fingerprint density at radius 2 is 1.58 bits per heavy atom. The number of methoxy groups -OCH3 is 1. The number of rotatable bonds is 8. The van der Waals surface area contributed by atoms with Crippen molar-refractivity contribution in [3.8, 4) is 45.3 Å². The van der Waals surface area contributed by atoms with Gasteiger partial charge >= 0.3 is 6.61 Å². The van der Waals surface area contributed by atoms with Gasteiger partial charge in [-0.05, 0) is 30.3 Å². The molecule has 2 aromatic heterocycles. The molecule has 2 aromatic carbocycles. The lowest BCUT2D eigenvalue weighted by Crippen LogP contribution is -2.04. The fraction of sp³-hybridized carbons (Fsp3) is 0.0769. The van der Waals surface area contributed by atoms with Gasteiger partial charge in [0.2, 0.25) is 5.88 Å². The van der Waals surface area contributed by atoms with Gasteiger partial charge in [0.25, 0.3) is 0 Å². The van der Waals surface area contributed by atoms with E-state index < -0.39 is 6.61 Å². The van der Waals surface area contributed by atoms with Gasteiger partial charge in [-0.1, -0.05) is 47.5 Å². The summed E-state index contributed by atoms with van der Waals surface area (Å²) < 4.78 is 35.3. The van der Waals surface area contributed by atoms with Crippen LogP contribution < -0.4 is 9.47 Å². The van der Waals surface area contributed by atoms with Crippen LogP contribution in [-0.2, 0) is 0 Å². The summed E-state index contributed by atoms with van der Waals surface area (Å²) in [5.74, 6) is -0.131. The van der Waals surface area contributed by atoms with Crippen LogP contribution in [0.25, 0.3) is 33.6 Å². The van der Waals surface area contributed by atoms with Gasteiger partial charge in [0.05, 0.1) is 39.7 Å². The summed E-state index contributed by atoms with van der Waals surface area (Å²) in [5, 5.41) is 0.545. The first-order valence-electron chi connectivity index (χ1n) is 10.4. The van der Waals surface area contributed by atoms with E-state index in [9.17, 15) is 18.4 Å². The van der Waals surface area contributed by atoms with Crippen LogP contribution in [0.4, 0.5) is 8.78 Å². The number of pyridine rings is 2. The summed E-state index contributed by atoms with van der Waals surface area (Å²) in [4.78, 5) is 31.1. The lowest BCUT2D eigenvalue weighted by Gasteiger charge is -2.14. The summed E-state index contributed by atoms with van der Waals surface area (Å²) in [6.07, 6.45) is 2.56. The number of carbonyl (C=O) groups is 2. The summed E-state index contributed by atoms with van der Waals surface area (Å²) >= 11 is 13.5. The van der Waals surface area contributed by atoms with Gasteiger partial charge in [-0.15, -0.1) is 0 Å². The highest BCUT2D eigenvalue weighted by atomic mass is 35.5. The van der Waals surface area contributed by atoms with Crippen molar-refractivity contribution in [2.45, 2.75) is 6.61 Å². The van der Waals surface area contributed by atoms with E-state index >= 15 is 0 Å². The van der Waals surface area contributed by atoms with Gasteiger partial charge in [0.15, 0.2) is 12.6 Å². The lowest BCUT2D eigenvalue weighted by molar-refractivity contribution is -0.0500. The summed E-state index contributed by atoms with van der Waals surface area (Å²) in [5.41, 5.74) is 3.05. The molecular weight excluding hydrogens is 513 g/mol. The molecule has 10 heteroatoms. The van der Waals surface area contributed by atoms with Gasteiger partial charge < -0.3 is 9.47 Å². The summed E-state index contributed by atoms with van der Waals surface area (Å²) in [6, 6.07) is 14.3. The van der Waals surface area contributed by atoms with Crippen LogP contribution in [0.15, 0.2) is 60.8 Å². The zero-order valence-corrected chi connectivity index (χ0v) is 20.1. The van der Waals surface area contributed by atoms with Crippen molar-refractivity contribution in [2.75, 3.05) is 7.11 Å². The number of hydrogen-bond acceptors (Lipinski definition) is 6. The number of hydrogen-bond donors (Lipinski definition) is 0. The van der Waals surface area contributed by atoms with Crippen LogP contribution in [-0.4, -0.2) is 36.3 Å². The zero-order chi connectivity index (χ0) is 25.8. The van der Waals surface area contributed by atoms with Crippen molar-refractivity contribution in [3.63, 3.8) is 0 Å². The highest BCUT2D eigenvalue weighted by Gasteiger charge is 2.19. The Morgan fingerprint density at radius 3 is 2.28 bits per heavy atom. The Hall–Kier alpha value is -3.88. The maximum absolute atomic E-state index is 12.8. The largest absolute Gasteiger partial charge is 0.480 e. The molecule has 0 N–H and O–H groups in total. The quantitative estimate of drug-likeness (QED) is 0.228. The third-order valence-corrected chi connectivity index (χ3v) is 6.08. The average Bonchev–Trinajstić information content (AvgIpc) is 2.88. The SMILES string of the molecule is COc1nc(-c2cccc(-c3ccnc(-c4ccc(C=O)c(OC(F)F)c4)c3Cl)c2Cl)ccc1C=O. The Kier molecular flexibility index (Phi) is 7.57. The van der Waals surface area contributed by atoms with E-state index in [2.05, 4.69) is 14.7 Å². The topological polar surface area (TPSA) is 78.4 Å². The number of carbonyl (C=O) groups excluding carboxylic acids is 2. The molecule has 0 bridgehead atoms. The van der Waals surface area contributed by atoms with Crippen molar-refractivity contribution in [1.82, 2.24) is 9.97 Å². The first-order chi connectivity index (χ1) is 17.4. The van der Waals surface area contributed by atoms with Gasteiger partial charge in [0, 0.05) is 28.5 Å². The number of aromatic nitrogens is 2. The van der Waals surface area contributed by atoms with Crippen molar-refractivity contribution in [1.29, 1.82) is 0 Å². The number of halogens is 4. The molecule has 4 rings (SSSR count). The molecule has 0 atom stereocenters. The first kappa shape index (κ1) is 25.2. The Morgan fingerprint density at radius 1 is 0.889 bits per heavy atom. The lowest BCUT2D eigenvalue weighted by atomic mass is 9.99. The van der Waals surface area contributed by atoms with Gasteiger partial charge in [-0.2, -0.15) is 8.78 Å². The molecule has 0 saturated carbocycles.